The van der Waals surface area contributed by atoms with E-state index in [0.29, 0.717) is 6.04 Å². The van der Waals surface area contributed by atoms with E-state index in [9.17, 15) is 4.39 Å². The highest BCUT2D eigenvalue weighted by Crippen LogP contribution is 2.47. The Morgan fingerprint density at radius 1 is 1.37 bits per heavy atom. The first-order valence-electron chi connectivity index (χ1n) is 7.07. The van der Waals surface area contributed by atoms with Gasteiger partial charge in [0.2, 0.25) is 0 Å². The van der Waals surface area contributed by atoms with Crippen molar-refractivity contribution in [3.63, 3.8) is 0 Å². The van der Waals surface area contributed by atoms with Gasteiger partial charge >= 0.3 is 0 Å². The molecule has 106 valence electrons. The third kappa shape index (κ3) is 4.28. The zero-order valence-corrected chi connectivity index (χ0v) is 13.6. The topological polar surface area (TPSA) is 12.0 Å². The minimum absolute atomic E-state index is 0.153. The molecule has 0 aliphatic heterocycles. The largest absolute Gasteiger partial charge is 0.314 e. The summed E-state index contributed by atoms with van der Waals surface area (Å²) in [6, 6.07) is 5.72. The van der Waals surface area contributed by atoms with E-state index in [1.54, 1.807) is 6.07 Å². The van der Waals surface area contributed by atoms with Crippen LogP contribution in [0.15, 0.2) is 22.7 Å². The first-order chi connectivity index (χ1) is 8.89. The molecule has 1 N–H and O–H groups in total. The molecular weight excluding hydrogens is 305 g/mol. The van der Waals surface area contributed by atoms with Crippen LogP contribution in [0.2, 0.25) is 0 Å². The van der Waals surface area contributed by atoms with E-state index in [2.05, 4.69) is 42.0 Å². The normalized spacial score (nSPS) is 18.6. The summed E-state index contributed by atoms with van der Waals surface area (Å²) >= 11 is 3.38. The molecule has 1 nitrogen and oxygen atoms in total. The van der Waals surface area contributed by atoms with Crippen LogP contribution in [0.1, 0.15) is 39.2 Å². The van der Waals surface area contributed by atoms with Gasteiger partial charge in [0.05, 0.1) is 0 Å². The van der Waals surface area contributed by atoms with Gasteiger partial charge < -0.3 is 5.32 Å². The molecule has 19 heavy (non-hydrogen) atoms. The van der Waals surface area contributed by atoms with Crippen molar-refractivity contribution in [3.8, 4) is 0 Å². The van der Waals surface area contributed by atoms with Gasteiger partial charge in [0, 0.05) is 17.1 Å². The lowest BCUT2D eigenvalue weighted by atomic mass is 9.78. The molecule has 3 heteroatoms. The van der Waals surface area contributed by atoms with E-state index in [4.69, 9.17) is 0 Å². The highest BCUT2D eigenvalue weighted by atomic mass is 79.9. The van der Waals surface area contributed by atoms with Gasteiger partial charge in [-0.15, -0.1) is 0 Å². The second kappa shape index (κ2) is 5.92. The number of rotatable bonds is 6. The molecule has 0 bridgehead atoms. The Morgan fingerprint density at radius 3 is 2.58 bits per heavy atom. The van der Waals surface area contributed by atoms with Crippen LogP contribution >= 0.6 is 15.9 Å². The summed E-state index contributed by atoms with van der Waals surface area (Å²) in [4.78, 5) is 0. The van der Waals surface area contributed by atoms with Gasteiger partial charge in [-0.1, -0.05) is 36.7 Å². The maximum absolute atomic E-state index is 13.5. The Balaban J connectivity index is 2.11. The van der Waals surface area contributed by atoms with Gasteiger partial charge in [0.25, 0.3) is 0 Å². The molecule has 1 aliphatic rings. The average molecular weight is 328 g/mol. The molecule has 1 unspecified atom stereocenters. The Hall–Kier alpha value is -0.410. The Bertz CT molecular complexity index is 422. The van der Waals surface area contributed by atoms with E-state index >= 15 is 0 Å². The molecular formula is C16H23BrFN. The van der Waals surface area contributed by atoms with E-state index in [1.165, 1.54) is 18.9 Å². The predicted molar refractivity (Wildman–Crippen MR) is 81.8 cm³/mol. The third-order valence-electron chi connectivity index (χ3n) is 4.01. The highest BCUT2D eigenvalue weighted by Gasteiger charge is 2.41. The third-order valence-corrected chi connectivity index (χ3v) is 4.47. The lowest BCUT2D eigenvalue weighted by molar-refractivity contribution is 0.248. The van der Waals surface area contributed by atoms with Gasteiger partial charge in [-0.2, -0.15) is 0 Å². The Kier molecular flexibility index (Phi) is 4.67. The minimum Gasteiger partial charge on any atom is -0.314 e. The van der Waals surface area contributed by atoms with Gasteiger partial charge in [-0.3, -0.25) is 0 Å². The standard InChI is InChI=1S/C16H23BrFN/c1-11(2)19-10-16(3,13-4-5-13)9-12-6-14(17)8-15(18)7-12/h6-8,11,13,19H,4-5,9-10H2,1-3H3. The van der Waals surface area contributed by atoms with Crippen molar-refractivity contribution in [2.75, 3.05) is 6.54 Å². The molecule has 1 aromatic carbocycles. The molecule has 0 saturated heterocycles. The maximum Gasteiger partial charge on any atom is 0.124 e. The van der Waals surface area contributed by atoms with E-state index in [-0.39, 0.29) is 11.2 Å². The SMILES string of the molecule is CC(C)NCC(C)(Cc1cc(F)cc(Br)c1)C1CC1. The molecule has 1 aromatic rings. The second-order valence-electron chi connectivity index (χ2n) is 6.42. The summed E-state index contributed by atoms with van der Waals surface area (Å²) in [5.74, 6) is 0.625. The van der Waals surface area contributed by atoms with Crippen LogP contribution in [-0.4, -0.2) is 12.6 Å². The Labute approximate surface area is 124 Å². The molecule has 2 rings (SSSR count). The van der Waals surface area contributed by atoms with Gasteiger partial charge in [-0.25, -0.2) is 4.39 Å². The zero-order chi connectivity index (χ0) is 14.0. The molecule has 0 aromatic heterocycles. The minimum atomic E-state index is -0.153. The molecule has 0 spiro atoms. The van der Waals surface area contributed by atoms with Crippen molar-refractivity contribution >= 4 is 15.9 Å². The van der Waals surface area contributed by atoms with E-state index < -0.39 is 0 Å². The van der Waals surface area contributed by atoms with Crippen LogP contribution in [0.4, 0.5) is 4.39 Å². The monoisotopic (exact) mass is 327 g/mol. The predicted octanol–water partition coefficient (Wildman–Crippen LogP) is 4.55. The lowest BCUT2D eigenvalue weighted by Crippen LogP contribution is -2.38. The lowest BCUT2D eigenvalue weighted by Gasteiger charge is -2.31. The van der Waals surface area contributed by atoms with Crippen molar-refractivity contribution in [3.05, 3.63) is 34.1 Å². The fourth-order valence-corrected chi connectivity index (χ4v) is 3.26. The molecule has 0 radical (unpaired) electrons. The average Bonchev–Trinajstić information content (AvgIpc) is 3.08. The van der Waals surface area contributed by atoms with Crippen LogP contribution in [0, 0.1) is 17.2 Å². The summed E-state index contributed by atoms with van der Waals surface area (Å²) in [5.41, 5.74) is 1.32. The van der Waals surface area contributed by atoms with Crippen LogP contribution in [0.3, 0.4) is 0 Å². The van der Waals surface area contributed by atoms with Gasteiger partial charge in [0.1, 0.15) is 5.82 Å². The van der Waals surface area contributed by atoms with Crippen molar-refractivity contribution in [2.45, 2.75) is 46.1 Å². The number of hydrogen-bond acceptors (Lipinski definition) is 1. The summed E-state index contributed by atoms with van der Waals surface area (Å²) in [5, 5.41) is 3.55. The maximum atomic E-state index is 13.5. The fourth-order valence-electron chi connectivity index (χ4n) is 2.75. The number of hydrogen-bond donors (Lipinski definition) is 1. The highest BCUT2D eigenvalue weighted by molar-refractivity contribution is 9.10. The smallest absolute Gasteiger partial charge is 0.124 e. The van der Waals surface area contributed by atoms with Crippen molar-refractivity contribution in [1.29, 1.82) is 0 Å². The van der Waals surface area contributed by atoms with E-state index in [1.807, 2.05) is 6.07 Å². The Morgan fingerprint density at radius 2 is 2.05 bits per heavy atom. The van der Waals surface area contributed by atoms with Crippen molar-refractivity contribution < 1.29 is 4.39 Å². The fraction of sp³-hybridized carbons (Fsp3) is 0.625. The van der Waals surface area contributed by atoms with Gasteiger partial charge in [-0.05, 0) is 54.4 Å². The summed E-state index contributed by atoms with van der Waals surface area (Å²) in [6.45, 7) is 7.68. The molecule has 1 saturated carbocycles. The first-order valence-corrected chi connectivity index (χ1v) is 7.87. The first kappa shape index (κ1) is 15.0. The van der Waals surface area contributed by atoms with Crippen LogP contribution in [0.5, 0.6) is 0 Å². The quantitative estimate of drug-likeness (QED) is 0.808. The molecule has 0 amide bonds. The van der Waals surface area contributed by atoms with E-state index in [0.717, 1.165) is 28.9 Å². The number of halogens is 2. The molecule has 1 fully saturated rings. The summed E-state index contributed by atoms with van der Waals surface area (Å²) in [7, 11) is 0. The molecule has 1 aliphatic carbocycles. The number of nitrogens with one attached hydrogen (secondary N) is 1. The zero-order valence-electron chi connectivity index (χ0n) is 12.0. The second-order valence-corrected chi connectivity index (χ2v) is 7.33. The van der Waals surface area contributed by atoms with Crippen LogP contribution in [-0.2, 0) is 6.42 Å². The van der Waals surface area contributed by atoms with Crippen LogP contribution < -0.4 is 5.32 Å². The number of benzene rings is 1. The van der Waals surface area contributed by atoms with Gasteiger partial charge in [0.15, 0.2) is 0 Å². The van der Waals surface area contributed by atoms with Crippen molar-refractivity contribution in [1.82, 2.24) is 5.32 Å². The van der Waals surface area contributed by atoms with Crippen LogP contribution in [0.25, 0.3) is 0 Å². The molecule has 0 heterocycles. The summed E-state index contributed by atoms with van der Waals surface area (Å²) in [6.07, 6.45) is 3.56. The molecule has 1 atom stereocenters. The van der Waals surface area contributed by atoms with Crippen molar-refractivity contribution in [2.24, 2.45) is 11.3 Å². The summed E-state index contributed by atoms with van der Waals surface area (Å²) < 4.78 is 14.3.